The quantitative estimate of drug-likeness (QED) is 0.574. The third kappa shape index (κ3) is 4.38. The number of carbonyl (C=O) groups is 1. The largest absolute Gasteiger partial charge is 0.290 e. The first-order chi connectivity index (χ1) is 12.6. The molecule has 2 aromatic carbocycles. The fraction of sp³-hybridized carbons (Fsp3) is 0.167. The van der Waals surface area contributed by atoms with E-state index >= 15 is 0 Å². The molecule has 0 aliphatic rings. The Morgan fingerprint density at radius 2 is 1.85 bits per heavy atom. The van der Waals surface area contributed by atoms with Crippen LogP contribution in [0.3, 0.4) is 0 Å². The van der Waals surface area contributed by atoms with Gasteiger partial charge in [-0.15, -0.1) is 10.2 Å². The van der Waals surface area contributed by atoms with Crippen LogP contribution in [0.25, 0.3) is 0 Å². The Morgan fingerprint density at radius 1 is 1.12 bits per heavy atom. The third-order valence-corrected chi connectivity index (χ3v) is 5.32. The Bertz CT molecular complexity index is 912. The number of rotatable bonds is 6. The van der Waals surface area contributed by atoms with Gasteiger partial charge in [0.15, 0.2) is 5.16 Å². The van der Waals surface area contributed by atoms with E-state index in [9.17, 15) is 4.79 Å². The van der Waals surface area contributed by atoms with Crippen molar-refractivity contribution >= 4 is 46.8 Å². The molecule has 0 bridgehead atoms. The summed E-state index contributed by atoms with van der Waals surface area (Å²) in [6.45, 7) is 2.61. The van der Waals surface area contributed by atoms with Crippen molar-refractivity contribution in [1.82, 2.24) is 14.8 Å². The summed E-state index contributed by atoms with van der Waals surface area (Å²) < 4.78 is 1.86. The van der Waals surface area contributed by atoms with Gasteiger partial charge < -0.3 is 0 Å². The van der Waals surface area contributed by atoms with Gasteiger partial charge in [0.05, 0.1) is 0 Å². The third-order valence-electron chi connectivity index (χ3n) is 3.68. The molecule has 3 aromatic rings. The maximum Gasteiger partial charge on any atom is 0.258 e. The maximum absolute atomic E-state index is 12.4. The zero-order valence-electron chi connectivity index (χ0n) is 13.9. The molecule has 0 unspecified atom stereocenters. The number of halogens is 2. The molecule has 1 aromatic heterocycles. The number of aromatic nitrogens is 3. The van der Waals surface area contributed by atoms with E-state index in [1.807, 2.05) is 35.8 Å². The van der Waals surface area contributed by atoms with E-state index in [1.165, 1.54) is 11.8 Å². The summed E-state index contributed by atoms with van der Waals surface area (Å²) >= 11 is 13.6. The molecule has 5 nitrogen and oxygen atoms in total. The molecule has 26 heavy (non-hydrogen) atoms. The Morgan fingerprint density at radius 3 is 2.54 bits per heavy atom. The average molecular weight is 407 g/mol. The van der Waals surface area contributed by atoms with E-state index in [0.717, 1.165) is 15.7 Å². The van der Waals surface area contributed by atoms with Gasteiger partial charge in [-0.2, -0.15) is 0 Å². The van der Waals surface area contributed by atoms with Crippen LogP contribution < -0.4 is 5.32 Å². The van der Waals surface area contributed by atoms with E-state index in [1.54, 1.807) is 24.3 Å². The lowest BCUT2D eigenvalue weighted by Crippen LogP contribution is -2.16. The van der Waals surface area contributed by atoms with Gasteiger partial charge in [0.25, 0.3) is 5.91 Å². The fourth-order valence-corrected chi connectivity index (χ4v) is 3.72. The van der Waals surface area contributed by atoms with Crippen molar-refractivity contribution in [3.05, 3.63) is 69.7 Å². The van der Waals surface area contributed by atoms with Gasteiger partial charge >= 0.3 is 0 Å². The zero-order valence-corrected chi connectivity index (χ0v) is 16.3. The minimum atomic E-state index is -0.258. The van der Waals surface area contributed by atoms with Crippen molar-refractivity contribution in [3.63, 3.8) is 0 Å². The molecule has 3 rings (SSSR count). The molecule has 1 heterocycles. The van der Waals surface area contributed by atoms with E-state index in [-0.39, 0.29) is 5.91 Å². The van der Waals surface area contributed by atoms with Crippen LogP contribution in [0.2, 0.25) is 10.0 Å². The van der Waals surface area contributed by atoms with Crippen LogP contribution in [0.15, 0.2) is 53.7 Å². The predicted molar refractivity (Wildman–Crippen MR) is 106 cm³/mol. The van der Waals surface area contributed by atoms with Crippen LogP contribution in [0.5, 0.6) is 0 Å². The molecular weight excluding hydrogens is 391 g/mol. The molecule has 0 saturated carbocycles. The molecule has 0 aliphatic carbocycles. The number of thioether (sulfide) groups is 1. The Kier molecular flexibility index (Phi) is 6.19. The van der Waals surface area contributed by atoms with Gasteiger partial charge in [0.2, 0.25) is 5.95 Å². The number of nitrogens with one attached hydrogen (secondary N) is 1. The summed E-state index contributed by atoms with van der Waals surface area (Å²) in [6, 6.07) is 14.4. The highest BCUT2D eigenvalue weighted by Gasteiger charge is 2.15. The van der Waals surface area contributed by atoms with Crippen LogP contribution in [-0.4, -0.2) is 20.7 Å². The molecule has 0 fully saturated rings. The maximum atomic E-state index is 12.4. The van der Waals surface area contributed by atoms with E-state index < -0.39 is 0 Å². The van der Waals surface area contributed by atoms with Crippen molar-refractivity contribution in [2.24, 2.45) is 0 Å². The number of nitrogens with zero attached hydrogens (tertiary/aromatic N) is 3. The number of hydrogen-bond donors (Lipinski definition) is 1. The highest BCUT2D eigenvalue weighted by atomic mass is 35.5. The van der Waals surface area contributed by atoms with E-state index in [4.69, 9.17) is 23.2 Å². The van der Waals surface area contributed by atoms with Crippen molar-refractivity contribution in [2.75, 3.05) is 5.32 Å². The second-order valence-electron chi connectivity index (χ2n) is 5.39. The average Bonchev–Trinajstić information content (AvgIpc) is 3.03. The highest BCUT2D eigenvalue weighted by Crippen LogP contribution is 2.27. The van der Waals surface area contributed by atoms with Crippen LogP contribution in [0.1, 0.15) is 22.8 Å². The van der Waals surface area contributed by atoms with Gasteiger partial charge in [-0.3, -0.25) is 14.7 Å². The lowest BCUT2D eigenvalue weighted by atomic mass is 10.2. The lowest BCUT2D eigenvalue weighted by Gasteiger charge is -2.09. The lowest BCUT2D eigenvalue weighted by molar-refractivity contribution is 0.102. The number of benzene rings is 2. The van der Waals surface area contributed by atoms with Crippen molar-refractivity contribution < 1.29 is 4.79 Å². The van der Waals surface area contributed by atoms with Crippen LogP contribution >= 0.6 is 35.0 Å². The SMILES string of the molecule is CCn1c(NC(=O)c2ccc(Cl)cc2)nnc1SCc1ccccc1Cl. The van der Waals surface area contributed by atoms with Crippen molar-refractivity contribution in [1.29, 1.82) is 0 Å². The van der Waals surface area contributed by atoms with Gasteiger partial charge in [-0.1, -0.05) is 53.2 Å². The molecule has 134 valence electrons. The summed E-state index contributed by atoms with van der Waals surface area (Å²) in [6.07, 6.45) is 0. The molecule has 0 spiro atoms. The standard InChI is InChI=1S/C18H16Cl2N4OS/c1-2-24-17(21-16(25)12-7-9-14(19)10-8-12)22-23-18(24)26-11-13-5-3-4-6-15(13)20/h3-10H,2,11H2,1H3,(H,21,22,25). The molecule has 1 amide bonds. The summed E-state index contributed by atoms with van der Waals surface area (Å²) in [5, 5.41) is 13.1. The number of anilines is 1. The normalized spacial score (nSPS) is 10.7. The minimum Gasteiger partial charge on any atom is -0.290 e. The van der Waals surface area contributed by atoms with Gasteiger partial charge in [-0.25, -0.2) is 0 Å². The molecular formula is C18H16Cl2N4OS. The fourth-order valence-electron chi connectivity index (χ4n) is 2.31. The van der Waals surface area contributed by atoms with Crippen molar-refractivity contribution in [2.45, 2.75) is 24.4 Å². The monoisotopic (exact) mass is 406 g/mol. The molecule has 0 atom stereocenters. The second-order valence-corrected chi connectivity index (χ2v) is 7.18. The molecule has 0 radical (unpaired) electrons. The first kappa shape index (κ1) is 18.8. The summed E-state index contributed by atoms with van der Waals surface area (Å²) in [4.78, 5) is 12.4. The predicted octanol–water partition coefficient (Wildman–Crippen LogP) is 5.15. The molecule has 0 saturated heterocycles. The summed E-state index contributed by atoms with van der Waals surface area (Å²) in [5.41, 5.74) is 1.53. The Balaban J connectivity index is 1.72. The van der Waals surface area contributed by atoms with Gasteiger partial charge in [-0.05, 0) is 42.8 Å². The van der Waals surface area contributed by atoms with Crippen molar-refractivity contribution in [3.8, 4) is 0 Å². The number of carbonyl (C=O) groups excluding carboxylic acids is 1. The van der Waals surface area contributed by atoms with Crippen LogP contribution in [0, 0.1) is 0 Å². The minimum absolute atomic E-state index is 0.258. The Hall–Kier alpha value is -2.02. The molecule has 1 N–H and O–H groups in total. The van der Waals surface area contributed by atoms with Gasteiger partial charge in [0, 0.05) is 27.9 Å². The summed E-state index contributed by atoms with van der Waals surface area (Å²) in [5.74, 6) is 0.823. The van der Waals surface area contributed by atoms with Gasteiger partial charge in [0.1, 0.15) is 0 Å². The first-order valence-electron chi connectivity index (χ1n) is 7.94. The second kappa shape index (κ2) is 8.58. The highest BCUT2D eigenvalue weighted by molar-refractivity contribution is 7.98. The molecule has 0 aliphatic heterocycles. The zero-order chi connectivity index (χ0) is 18.5. The van der Waals surface area contributed by atoms with E-state index in [2.05, 4.69) is 15.5 Å². The molecule has 8 heteroatoms. The Labute approximate surface area is 165 Å². The van der Waals surface area contributed by atoms with E-state index in [0.29, 0.717) is 28.8 Å². The van der Waals surface area contributed by atoms with Crippen LogP contribution in [0.4, 0.5) is 5.95 Å². The topological polar surface area (TPSA) is 59.8 Å². The smallest absolute Gasteiger partial charge is 0.258 e. The van der Waals surface area contributed by atoms with Crippen LogP contribution in [-0.2, 0) is 12.3 Å². The summed E-state index contributed by atoms with van der Waals surface area (Å²) in [7, 11) is 0. The number of amides is 1. The first-order valence-corrected chi connectivity index (χ1v) is 9.69. The number of hydrogen-bond acceptors (Lipinski definition) is 4.